The van der Waals surface area contributed by atoms with E-state index >= 15 is 0 Å². The van der Waals surface area contributed by atoms with Gasteiger partial charge in [0.15, 0.2) is 5.82 Å². The molecule has 0 saturated carbocycles. The molecule has 2 atom stereocenters. The van der Waals surface area contributed by atoms with Crippen molar-refractivity contribution in [2.75, 3.05) is 0 Å². The second-order valence-electron chi connectivity index (χ2n) is 4.44. The molecule has 0 aliphatic rings. The van der Waals surface area contributed by atoms with Crippen molar-refractivity contribution in [1.82, 2.24) is 20.2 Å². The van der Waals surface area contributed by atoms with Crippen LogP contribution in [0.1, 0.15) is 19.9 Å². The van der Waals surface area contributed by atoms with E-state index in [1.54, 1.807) is 6.92 Å². The molecule has 6 nitrogen and oxygen atoms in total. The van der Waals surface area contributed by atoms with Crippen LogP contribution in [-0.2, 0) is 4.79 Å². The molecule has 0 aliphatic carbocycles. The van der Waals surface area contributed by atoms with Crippen molar-refractivity contribution in [1.29, 1.82) is 0 Å². The summed E-state index contributed by atoms with van der Waals surface area (Å²) in [5.74, 6) is -2.09. The molecule has 8 heteroatoms. The van der Waals surface area contributed by atoms with Crippen molar-refractivity contribution in [2.45, 2.75) is 19.9 Å². The van der Waals surface area contributed by atoms with Crippen LogP contribution < -0.4 is 0 Å². The van der Waals surface area contributed by atoms with Crippen molar-refractivity contribution < 1.29 is 14.3 Å². The zero-order chi connectivity index (χ0) is 14.9. The van der Waals surface area contributed by atoms with Crippen LogP contribution in [0.3, 0.4) is 0 Å². The van der Waals surface area contributed by atoms with Gasteiger partial charge in [-0.1, -0.05) is 11.6 Å². The van der Waals surface area contributed by atoms with Crippen molar-refractivity contribution in [3.63, 3.8) is 0 Å². The lowest BCUT2D eigenvalue weighted by Gasteiger charge is -2.17. The highest BCUT2D eigenvalue weighted by Gasteiger charge is 2.26. The summed E-state index contributed by atoms with van der Waals surface area (Å²) in [7, 11) is 0. The van der Waals surface area contributed by atoms with E-state index < -0.39 is 23.7 Å². The third-order valence-corrected chi connectivity index (χ3v) is 3.40. The number of nitrogens with zero attached hydrogens (tertiary/aromatic N) is 4. The van der Waals surface area contributed by atoms with Gasteiger partial charge in [0, 0.05) is 5.02 Å². The van der Waals surface area contributed by atoms with E-state index in [-0.39, 0.29) is 16.4 Å². The molecule has 2 aromatic rings. The molecule has 0 fully saturated rings. The van der Waals surface area contributed by atoms with Crippen LogP contribution in [-0.4, -0.2) is 31.3 Å². The quantitative estimate of drug-likeness (QED) is 0.937. The summed E-state index contributed by atoms with van der Waals surface area (Å²) in [5, 5.41) is 20.3. The van der Waals surface area contributed by atoms with Crippen LogP contribution in [0.4, 0.5) is 4.39 Å². The fourth-order valence-electron chi connectivity index (χ4n) is 1.73. The Bertz CT molecular complexity index is 646. The summed E-state index contributed by atoms with van der Waals surface area (Å²) in [6, 6.07) is 3.61. The first-order valence-electron chi connectivity index (χ1n) is 5.88. The van der Waals surface area contributed by atoms with Gasteiger partial charge >= 0.3 is 5.97 Å². The molecule has 1 aromatic heterocycles. The Morgan fingerprint density at radius 1 is 1.45 bits per heavy atom. The Kier molecular flexibility index (Phi) is 3.99. The fraction of sp³-hybridized carbons (Fsp3) is 0.333. The van der Waals surface area contributed by atoms with E-state index in [1.165, 1.54) is 23.7 Å². The summed E-state index contributed by atoms with van der Waals surface area (Å²) in [6.45, 7) is 3.20. The lowest BCUT2D eigenvalue weighted by Crippen LogP contribution is -2.23. The third kappa shape index (κ3) is 2.62. The number of hydrogen-bond acceptors (Lipinski definition) is 4. The maximum absolute atomic E-state index is 13.9. The standard InChI is InChI=1S/C12H12ClFN4O2/c1-6(12(19)20)7(2)18-11(15-16-17-18)9-4-3-8(13)5-10(9)14/h3-7H,1-2H3,(H,19,20). The largest absolute Gasteiger partial charge is 0.481 e. The van der Waals surface area contributed by atoms with Crippen LogP contribution in [0.5, 0.6) is 0 Å². The highest BCUT2D eigenvalue weighted by Crippen LogP contribution is 2.27. The Balaban J connectivity index is 2.45. The number of aromatic nitrogens is 4. The summed E-state index contributed by atoms with van der Waals surface area (Å²) in [5.41, 5.74) is 0.170. The fourth-order valence-corrected chi connectivity index (χ4v) is 1.89. The highest BCUT2D eigenvalue weighted by molar-refractivity contribution is 6.30. The van der Waals surface area contributed by atoms with Crippen LogP contribution in [0.25, 0.3) is 11.4 Å². The van der Waals surface area contributed by atoms with Gasteiger partial charge in [0.2, 0.25) is 0 Å². The summed E-state index contributed by atoms with van der Waals surface area (Å²) < 4.78 is 15.2. The van der Waals surface area contributed by atoms with Gasteiger partial charge in [-0.25, -0.2) is 9.07 Å². The van der Waals surface area contributed by atoms with Crippen LogP contribution in [0.15, 0.2) is 18.2 Å². The Morgan fingerprint density at radius 2 is 2.15 bits per heavy atom. The predicted molar refractivity (Wildman–Crippen MR) is 69.7 cm³/mol. The number of carboxylic acids is 1. The van der Waals surface area contributed by atoms with Crippen LogP contribution >= 0.6 is 11.6 Å². The van der Waals surface area contributed by atoms with Gasteiger partial charge in [-0.05, 0) is 42.5 Å². The summed E-state index contributed by atoms with van der Waals surface area (Å²) in [4.78, 5) is 11.0. The molecule has 2 rings (SSSR count). The van der Waals surface area contributed by atoms with Gasteiger partial charge in [-0.2, -0.15) is 0 Å². The van der Waals surface area contributed by atoms with E-state index in [2.05, 4.69) is 15.5 Å². The minimum absolute atomic E-state index is 0.166. The molecule has 0 aliphatic heterocycles. The summed E-state index contributed by atoms with van der Waals surface area (Å²) in [6.07, 6.45) is 0. The summed E-state index contributed by atoms with van der Waals surface area (Å²) >= 11 is 5.70. The van der Waals surface area contributed by atoms with Crippen LogP contribution in [0, 0.1) is 11.7 Å². The SMILES string of the molecule is CC(C(=O)O)C(C)n1nnnc1-c1ccc(Cl)cc1F. The topological polar surface area (TPSA) is 80.9 Å². The second kappa shape index (κ2) is 5.54. The van der Waals surface area contributed by atoms with Crippen LogP contribution in [0.2, 0.25) is 5.02 Å². The zero-order valence-corrected chi connectivity index (χ0v) is 11.5. The van der Waals surface area contributed by atoms with Crippen molar-refractivity contribution in [2.24, 2.45) is 5.92 Å². The Morgan fingerprint density at radius 3 is 2.75 bits per heavy atom. The van der Waals surface area contributed by atoms with Crippen molar-refractivity contribution >= 4 is 17.6 Å². The highest BCUT2D eigenvalue weighted by atomic mass is 35.5. The normalized spacial score (nSPS) is 14.0. The number of carboxylic acid groups (broad SMARTS) is 1. The molecule has 106 valence electrons. The molecule has 0 spiro atoms. The molecule has 1 heterocycles. The smallest absolute Gasteiger partial charge is 0.308 e. The number of halogens is 2. The van der Waals surface area contributed by atoms with Gasteiger partial charge in [-0.3, -0.25) is 4.79 Å². The molecule has 1 aromatic carbocycles. The number of rotatable bonds is 4. The third-order valence-electron chi connectivity index (χ3n) is 3.16. The minimum Gasteiger partial charge on any atom is -0.481 e. The van der Waals surface area contributed by atoms with Gasteiger partial charge in [-0.15, -0.1) is 5.10 Å². The molecule has 0 bridgehead atoms. The van der Waals surface area contributed by atoms with E-state index in [9.17, 15) is 9.18 Å². The number of benzene rings is 1. The lowest BCUT2D eigenvalue weighted by molar-refractivity contribution is -0.142. The maximum Gasteiger partial charge on any atom is 0.308 e. The van der Waals surface area contributed by atoms with Crippen molar-refractivity contribution in [3.05, 3.63) is 29.0 Å². The molecular formula is C12H12ClFN4O2. The first-order valence-corrected chi connectivity index (χ1v) is 6.25. The van der Waals surface area contributed by atoms with Gasteiger partial charge in [0.25, 0.3) is 0 Å². The van der Waals surface area contributed by atoms with E-state index in [0.717, 1.165) is 6.07 Å². The van der Waals surface area contributed by atoms with E-state index in [0.29, 0.717) is 0 Å². The molecule has 2 unspecified atom stereocenters. The van der Waals surface area contributed by atoms with E-state index in [4.69, 9.17) is 16.7 Å². The average Bonchev–Trinajstić information content (AvgIpc) is 2.85. The average molecular weight is 299 g/mol. The molecule has 0 amide bonds. The first-order chi connectivity index (χ1) is 9.41. The molecule has 20 heavy (non-hydrogen) atoms. The first kappa shape index (κ1) is 14.4. The molecule has 1 N–H and O–H groups in total. The second-order valence-corrected chi connectivity index (χ2v) is 4.88. The monoisotopic (exact) mass is 298 g/mol. The number of aliphatic carboxylic acids is 1. The Labute approximate surface area is 119 Å². The maximum atomic E-state index is 13.9. The van der Waals surface area contributed by atoms with E-state index in [1.807, 2.05) is 0 Å². The van der Waals surface area contributed by atoms with Gasteiger partial charge < -0.3 is 5.11 Å². The number of hydrogen-bond donors (Lipinski definition) is 1. The van der Waals surface area contributed by atoms with Gasteiger partial charge in [0.05, 0.1) is 17.5 Å². The lowest BCUT2D eigenvalue weighted by atomic mass is 10.0. The zero-order valence-electron chi connectivity index (χ0n) is 10.8. The number of tetrazole rings is 1. The minimum atomic E-state index is -0.976. The number of carbonyl (C=O) groups is 1. The Hall–Kier alpha value is -2.02. The molecule has 0 saturated heterocycles. The van der Waals surface area contributed by atoms with Gasteiger partial charge in [0.1, 0.15) is 5.82 Å². The van der Waals surface area contributed by atoms with Crippen molar-refractivity contribution in [3.8, 4) is 11.4 Å². The molecular weight excluding hydrogens is 287 g/mol. The predicted octanol–water partition coefficient (Wildman–Crippen LogP) is 2.41. The molecule has 0 radical (unpaired) electrons.